The predicted octanol–water partition coefficient (Wildman–Crippen LogP) is 1.56. The monoisotopic (exact) mass is 224 g/mol. The fraction of sp³-hybridized carbons (Fsp3) is 0.833. The van der Waals surface area contributed by atoms with Gasteiger partial charge in [-0.15, -0.1) is 0 Å². The highest BCUT2D eigenvalue weighted by molar-refractivity contribution is 5.99. The Bertz CT molecular complexity index is 373. The molecule has 2 atom stereocenters. The third-order valence-electron chi connectivity index (χ3n) is 5.10. The van der Waals surface area contributed by atoms with E-state index in [1.807, 2.05) is 0 Å². The maximum atomic E-state index is 12.1. The van der Waals surface area contributed by atoms with Crippen molar-refractivity contribution in [1.29, 1.82) is 0 Å². The molecule has 3 amide bonds. The van der Waals surface area contributed by atoms with Crippen LogP contribution in [0.1, 0.15) is 27.7 Å². The van der Waals surface area contributed by atoms with E-state index in [1.54, 1.807) is 19.0 Å². The molecule has 1 aliphatic carbocycles. The smallest absolute Gasteiger partial charge is 0.323 e. The van der Waals surface area contributed by atoms with Gasteiger partial charge in [0.05, 0.1) is 12.0 Å². The van der Waals surface area contributed by atoms with Crippen molar-refractivity contribution < 1.29 is 9.59 Å². The van der Waals surface area contributed by atoms with Crippen LogP contribution >= 0.6 is 0 Å². The summed E-state index contributed by atoms with van der Waals surface area (Å²) >= 11 is 0. The quantitative estimate of drug-likeness (QED) is 0.626. The molecule has 4 nitrogen and oxygen atoms in total. The summed E-state index contributed by atoms with van der Waals surface area (Å²) in [6, 6.07) is -0.145. The molecule has 2 rings (SSSR count). The number of carbonyl (C=O) groups excluding carboxylic acids is 2. The molecule has 2 aliphatic rings. The van der Waals surface area contributed by atoms with Gasteiger partial charge in [0.15, 0.2) is 0 Å². The number of urea groups is 1. The highest BCUT2D eigenvalue weighted by atomic mass is 16.2. The normalized spacial score (nSPS) is 35.9. The van der Waals surface area contributed by atoms with Gasteiger partial charge in [0, 0.05) is 14.1 Å². The van der Waals surface area contributed by atoms with E-state index in [1.165, 1.54) is 4.90 Å². The van der Waals surface area contributed by atoms with Crippen LogP contribution in [0.2, 0.25) is 0 Å². The zero-order chi connectivity index (χ0) is 12.5. The summed E-state index contributed by atoms with van der Waals surface area (Å²) in [5.41, 5.74) is -0.0725. The van der Waals surface area contributed by atoms with Crippen molar-refractivity contribution >= 4 is 11.9 Å². The van der Waals surface area contributed by atoms with Crippen LogP contribution in [0.4, 0.5) is 4.79 Å². The molecule has 0 radical (unpaired) electrons. The van der Waals surface area contributed by atoms with Crippen LogP contribution < -0.4 is 0 Å². The number of imide groups is 1. The molecule has 4 heteroatoms. The molecule has 1 saturated heterocycles. The van der Waals surface area contributed by atoms with E-state index >= 15 is 0 Å². The second-order valence-corrected chi connectivity index (χ2v) is 6.16. The summed E-state index contributed by atoms with van der Waals surface area (Å²) in [6.45, 7) is 8.50. The summed E-state index contributed by atoms with van der Waals surface area (Å²) in [6.07, 6.45) is 0. The fourth-order valence-corrected chi connectivity index (χ4v) is 3.31. The van der Waals surface area contributed by atoms with Crippen molar-refractivity contribution in [2.45, 2.75) is 33.7 Å². The van der Waals surface area contributed by atoms with Crippen LogP contribution in [0.3, 0.4) is 0 Å². The van der Waals surface area contributed by atoms with Gasteiger partial charge in [-0.2, -0.15) is 0 Å². The van der Waals surface area contributed by atoms with E-state index in [0.29, 0.717) is 0 Å². The first-order valence-electron chi connectivity index (χ1n) is 5.68. The largest absolute Gasteiger partial charge is 0.326 e. The molecule has 1 aliphatic heterocycles. The van der Waals surface area contributed by atoms with Crippen molar-refractivity contribution in [3.8, 4) is 0 Å². The van der Waals surface area contributed by atoms with Crippen LogP contribution in [0.5, 0.6) is 0 Å². The van der Waals surface area contributed by atoms with Crippen molar-refractivity contribution in [3.05, 3.63) is 0 Å². The first kappa shape index (κ1) is 11.4. The number of nitrogens with zero attached hydrogens (tertiary/aromatic N) is 2. The molecule has 0 N–H and O–H groups in total. The third kappa shape index (κ3) is 0.955. The Morgan fingerprint density at radius 3 is 2.00 bits per heavy atom. The average molecular weight is 224 g/mol. The summed E-state index contributed by atoms with van der Waals surface area (Å²) in [4.78, 5) is 26.9. The van der Waals surface area contributed by atoms with Crippen molar-refractivity contribution in [3.63, 3.8) is 0 Å². The summed E-state index contributed by atoms with van der Waals surface area (Å²) < 4.78 is 0. The topological polar surface area (TPSA) is 40.6 Å². The highest BCUT2D eigenvalue weighted by Gasteiger charge is 2.69. The molecule has 90 valence electrons. The maximum Gasteiger partial charge on any atom is 0.326 e. The zero-order valence-corrected chi connectivity index (χ0v) is 10.9. The molecule has 0 aromatic heterocycles. The minimum Gasteiger partial charge on any atom is -0.323 e. The van der Waals surface area contributed by atoms with Gasteiger partial charge in [-0.3, -0.25) is 9.69 Å². The van der Waals surface area contributed by atoms with Crippen LogP contribution in [-0.4, -0.2) is 41.9 Å². The Hall–Kier alpha value is -1.06. The number of rotatable bonds is 0. The van der Waals surface area contributed by atoms with Gasteiger partial charge in [-0.25, -0.2) is 4.79 Å². The average Bonchev–Trinajstić information content (AvgIpc) is 2.19. The molecular weight excluding hydrogens is 204 g/mol. The summed E-state index contributed by atoms with van der Waals surface area (Å²) in [7, 11) is 3.36. The Kier molecular flexibility index (Phi) is 1.99. The molecule has 2 unspecified atom stereocenters. The minimum atomic E-state index is -0.185. The number of amides is 3. The Labute approximate surface area is 96.6 Å². The lowest BCUT2D eigenvalue weighted by Crippen LogP contribution is -2.77. The fourth-order valence-electron chi connectivity index (χ4n) is 3.31. The summed E-state index contributed by atoms with van der Waals surface area (Å²) in [5, 5.41) is 0. The number of carbonyl (C=O) groups is 2. The van der Waals surface area contributed by atoms with Gasteiger partial charge in [0.1, 0.15) is 0 Å². The molecule has 0 aromatic carbocycles. The second kappa shape index (κ2) is 2.79. The maximum absolute atomic E-state index is 12.1. The molecule has 0 bridgehead atoms. The van der Waals surface area contributed by atoms with Gasteiger partial charge < -0.3 is 4.90 Å². The Balaban J connectivity index is 2.44. The van der Waals surface area contributed by atoms with Crippen LogP contribution in [0, 0.1) is 16.7 Å². The lowest BCUT2D eigenvalue weighted by Gasteiger charge is -2.68. The Morgan fingerprint density at radius 1 is 1.00 bits per heavy atom. The summed E-state index contributed by atoms with van der Waals surface area (Å²) in [5.74, 6) is -0.0902. The lowest BCUT2D eigenvalue weighted by molar-refractivity contribution is -0.197. The van der Waals surface area contributed by atoms with Gasteiger partial charge in [0.2, 0.25) is 5.91 Å². The van der Waals surface area contributed by atoms with Crippen LogP contribution in [-0.2, 0) is 4.79 Å². The van der Waals surface area contributed by atoms with Crippen molar-refractivity contribution in [2.75, 3.05) is 14.1 Å². The molecule has 0 spiro atoms. The molecule has 1 heterocycles. The molecular formula is C12H20N2O2. The van der Waals surface area contributed by atoms with E-state index in [0.717, 1.165) is 0 Å². The van der Waals surface area contributed by atoms with Gasteiger partial charge >= 0.3 is 6.03 Å². The molecule has 2 fully saturated rings. The van der Waals surface area contributed by atoms with Crippen molar-refractivity contribution in [2.24, 2.45) is 16.7 Å². The number of hydrogen-bond donors (Lipinski definition) is 0. The van der Waals surface area contributed by atoms with E-state index in [9.17, 15) is 9.59 Å². The molecule has 0 aromatic rings. The van der Waals surface area contributed by atoms with E-state index in [4.69, 9.17) is 0 Å². The predicted molar refractivity (Wildman–Crippen MR) is 60.8 cm³/mol. The first-order chi connectivity index (χ1) is 7.14. The van der Waals surface area contributed by atoms with Gasteiger partial charge in [-0.1, -0.05) is 27.7 Å². The first-order valence-corrected chi connectivity index (χ1v) is 5.68. The van der Waals surface area contributed by atoms with Crippen molar-refractivity contribution in [1.82, 2.24) is 9.80 Å². The van der Waals surface area contributed by atoms with Gasteiger partial charge in [0.25, 0.3) is 0 Å². The zero-order valence-electron chi connectivity index (χ0n) is 10.9. The highest BCUT2D eigenvalue weighted by Crippen LogP contribution is 2.63. The lowest BCUT2D eigenvalue weighted by atomic mass is 9.42. The van der Waals surface area contributed by atoms with E-state index < -0.39 is 0 Å². The molecule has 16 heavy (non-hydrogen) atoms. The van der Waals surface area contributed by atoms with E-state index in [2.05, 4.69) is 27.7 Å². The third-order valence-corrected chi connectivity index (χ3v) is 5.10. The van der Waals surface area contributed by atoms with Gasteiger partial charge in [-0.05, 0) is 10.8 Å². The number of fused-ring (bicyclic) bond motifs is 1. The SMILES string of the molecule is CN1C(=O)C2C(N(C)C1=O)C(C)(C)C2(C)C. The standard InChI is InChI=1S/C12H20N2O2/c1-11(2)7-8(12(11,3)4)13(5)10(16)14(6)9(7)15/h7-8H,1-6H3. The second-order valence-electron chi connectivity index (χ2n) is 6.16. The van der Waals surface area contributed by atoms with E-state index in [-0.39, 0.29) is 34.7 Å². The minimum absolute atomic E-state index is 0.0149. The van der Waals surface area contributed by atoms with Crippen LogP contribution in [0.15, 0.2) is 0 Å². The number of hydrogen-bond acceptors (Lipinski definition) is 2. The Morgan fingerprint density at radius 2 is 1.50 bits per heavy atom. The molecule has 1 saturated carbocycles. The van der Waals surface area contributed by atoms with Crippen LogP contribution in [0.25, 0.3) is 0 Å².